The number of aliphatic carboxylic acids is 1. The Morgan fingerprint density at radius 1 is 1.19 bits per heavy atom. The number of aliphatic hydroxyl groups is 1. The number of carbonyl (C=O) groups excluding carboxylic acids is 1. The number of likely N-dealkylation sites (tertiary alicyclic amines) is 1. The maximum Gasteiger partial charge on any atom is 0.307 e. The van der Waals surface area contributed by atoms with Crippen molar-refractivity contribution in [3.8, 4) is 0 Å². The van der Waals surface area contributed by atoms with E-state index >= 15 is 0 Å². The molecule has 92 valence electrons. The molecule has 5 heteroatoms. The lowest BCUT2D eigenvalue weighted by Crippen LogP contribution is -2.44. The molecular weight excluding hydrogens is 210 g/mol. The van der Waals surface area contributed by atoms with Gasteiger partial charge in [0.2, 0.25) is 5.91 Å². The lowest BCUT2D eigenvalue weighted by Gasteiger charge is -2.32. The molecule has 0 aromatic carbocycles. The Hall–Kier alpha value is -1.10. The summed E-state index contributed by atoms with van der Waals surface area (Å²) in [6, 6.07) is 0. The molecule has 1 fully saturated rings. The topological polar surface area (TPSA) is 77.8 Å². The Labute approximate surface area is 95.1 Å². The first-order chi connectivity index (χ1) is 7.43. The SMILES string of the molecule is CC(C(=O)O)C(C)C(=O)N1CCC(O)CC1. The van der Waals surface area contributed by atoms with Crippen molar-refractivity contribution in [2.45, 2.75) is 32.8 Å². The van der Waals surface area contributed by atoms with E-state index in [0.29, 0.717) is 25.9 Å². The number of rotatable bonds is 3. The Balaban J connectivity index is 2.54. The van der Waals surface area contributed by atoms with Gasteiger partial charge in [0.15, 0.2) is 0 Å². The van der Waals surface area contributed by atoms with Crippen LogP contribution in [0.25, 0.3) is 0 Å². The number of carboxylic acids is 1. The smallest absolute Gasteiger partial charge is 0.307 e. The minimum atomic E-state index is -0.946. The minimum Gasteiger partial charge on any atom is -0.481 e. The second-order valence-electron chi connectivity index (χ2n) is 4.47. The first kappa shape index (κ1) is 13.0. The Morgan fingerprint density at radius 2 is 1.69 bits per heavy atom. The highest BCUT2D eigenvalue weighted by molar-refractivity contribution is 5.84. The average molecular weight is 229 g/mol. The largest absolute Gasteiger partial charge is 0.481 e. The highest BCUT2D eigenvalue weighted by atomic mass is 16.4. The molecule has 2 unspecified atom stereocenters. The molecule has 2 N–H and O–H groups in total. The Kier molecular flexibility index (Phi) is 4.29. The lowest BCUT2D eigenvalue weighted by atomic mass is 9.93. The van der Waals surface area contributed by atoms with Crippen LogP contribution in [-0.4, -0.2) is 46.2 Å². The van der Waals surface area contributed by atoms with Gasteiger partial charge in [0.05, 0.1) is 12.0 Å². The van der Waals surface area contributed by atoms with Crippen LogP contribution in [0.15, 0.2) is 0 Å². The summed E-state index contributed by atoms with van der Waals surface area (Å²) in [6.07, 6.45) is 0.844. The number of carboxylic acid groups (broad SMARTS) is 1. The van der Waals surface area contributed by atoms with E-state index in [4.69, 9.17) is 5.11 Å². The molecule has 0 bridgehead atoms. The van der Waals surface area contributed by atoms with Gasteiger partial charge in [-0.05, 0) is 12.8 Å². The number of aliphatic hydroxyl groups excluding tert-OH is 1. The number of amides is 1. The molecular formula is C11H19NO4. The standard InChI is InChI=1S/C11H19NO4/c1-7(8(2)11(15)16)10(14)12-5-3-9(13)4-6-12/h7-9,13H,3-6H2,1-2H3,(H,15,16). The van der Waals surface area contributed by atoms with Crippen LogP contribution in [0.1, 0.15) is 26.7 Å². The van der Waals surface area contributed by atoms with Crippen LogP contribution in [0.5, 0.6) is 0 Å². The van der Waals surface area contributed by atoms with Crippen molar-refractivity contribution >= 4 is 11.9 Å². The van der Waals surface area contributed by atoms with E-state index in [1.54, 1.807) is 18.7 Å². The van der Waals surface area contributed by atoms with Crippen LogP contribution in [-0.2, 0) is 9.59 Å². The van der Waals surface area contributed by atoms with E-state index < -0.39 is 17.8 Å². The summed E-state index contributed by atoms with van der Waals surface area (Å²) in [4.78, 5) is 24.4. The van der Waals surface area contributed by atoms with Crippen molar-refractivity contribution in [1.82, 2.24) is 4.90 Å². The highest BCUT2D eigenvalue weighted by Gasteiger charge is 2.31. The van der Waals surface area contributed by atoms with E-state index in [9.17, 15) is 14.7 Å². The third kappa shape index (κ3) is 2.95. The van der Waals surface area contributed by atoms with Crippen LogP contribution in [0, 0.1) is 11.8 Å². The van der Waals surface area contributed by atoms with E-state index in [0.717, 1.165) is 0 Å². The second kappa shape index (κ2) is 5.30. The first-order valence-corrected chi connectivity index (χ1v) is 5.63. The van der Waals surface area contributed by atoms with Crippen LogP contribution in [0.2, 0.25) is 0 Å². The maximum atomic E-state index is 11.9. The van der Waals surface area contributed by atoms with Crippen molar-refractivity contribution in [3.05, 3.63) is 0 Å². The van der Waals surface area contributed by atoms with Crippen molar-refractivity contribution < 1.29 is 19.8 Å². The van der Waals surface area contributed by atoms with Crippen LogP contribution >= 0.6 is 0 Å². The lowest BCUT2D eigenvalue weighted by molar-refractivity contribution is -0.149. The third-order valence-electron chi connectivity index (χ3n) is 3.31. The number of nitrogens with zero attached hydrogens (tertiary/aromatic N) is 1. The van der Waals surface area contributed by atoms with E-state index in [-0.39, 0.29) is 12.0 Å². The minimum absolute atomic E-state index is 0.123. The normalized spacial score (nSPS) is 21.6. The zero-order valence-corrected chi connectivity index (χ0v) is 9.72. The summed E-state index contributed by atoms with van der Waals surface area (Å²) >= 11 is 0. The summed E-state index contributed by atoms with van der Waals surface area (Å²) in [5.41, 5.74) is 0. The Morgan fingerprint density at radius 3 is 2.12 bits per heavy atom. The van der Waals surface area contributed by atoms with Gasteiger partial charge in [-0.3, -0.25) is 9.59 Å². The predicted octanol–water partition coefficient (Wildman–Crippen LogP) is 0.326. The summed E-state index contributed by atoms with van der Waals surface area (Å²) in [7, 11) is 0. The van der Waals surface area contributed by atoms with Gasteiger partial charge in [0.1, 0.15) is 0 Å². The molecule has 5 nitrogen and oxygen atoms in total. The second-order valence-corrected chi connectivity index (χ2v) is 4.47. The van der Waals surface area contributed by atoms with Gasteiger partial charge in [-0.1, -0.05) is 13.8 Å². The third-order valence-corrected chi connectivity index (χ3v) is 3.31. The molecule has 1 rings (SSSR count). The van der Waals surface area contributed by atoms with Gasteiger partial charge in [0.25, 0.3) is 0 Å². The molecule has 16 heavy (non-hydrogen) atoms. The number of hydrogen-bond donors (Lipinski definition) is 2. The zero-order valence-electron chi connectivity index (χ0n) is 9.72. The van der Waals surface area contributed by atoms with E-state index in [1.807, 2.05) is 0 Å². The van der Waals surface area contributed by atoms with Gasteiger partial charge in [-0.2, -0.15) is 0 Å². The molecule has 1 saturated heterocycles. The summed E-state index contributed by atoms with van der Waals surface area (Å²) < 4.78 is 0. The van der Waals surface area contributed by atoms with Gasteiger partial charge in [-0.25, -0.2) is 0 Å². The fourth-order valence-electron chi connectivity index (χ4n) is 1.80. The molecule has 0 spiro atoms. The summed E-state index contributed by atoms with van der Waals surface area (Å²) in [5.74, 6) is -2.24. The van der Waals surface area contributed by atoms with Crippen LogP contribution in [0.3, 0.4) is 0 Å². The van der Waals surface area contributed by atoms with Gasteiger partial charge in [0, 0.05) is 19.0 Å². The number of piperidine rings is 1. The summed E-state index contributed by atoms with van der Waals surface area (Å²) in [5, 5.41) is 18.1. The highest BCUT2D eigenvalue weighted by Crippen LogP contribution is 2.18. The molecule has 1 amide bonds. The van der Waals surface area contributed by atoms with Crippen LogP contribution in [0.4, 0.5) is 0 Å². The Bertz CT molecular complexity index is 271. The van der Waals surface area contributed by atoms with Gasteiger partial charge >= 0.3 is 5.97 Å². The monoisotopic (exact) mass is 229 g/mol. The van der Waals surface area contributed by atoms with E-state index in [1.165, 1.54) is 0 Å². The molecule has 1 heterocycles. The average Bonchev–Trinajstić information content (AvgIpc) is 2.27. The molecule has 0 aliphatic carbocycles. The summed E-state index contributed by atoms with van der Waals surface area (Å²) in [6.45, 7) is 4.24. The van der Waals surface area contributed by atoms with Crippen molar-refractivity contribution in [1.29, 1.82) is 0 Å². The van der Waals surface area contributed by atoms with Crippen molar-refractivity contribution in [2.75, 3.05) is 13.1 Å². The molecule has 1 aliphatic rings. The molecule has 2 atom stereocenters. The van der Waals surface area contributed by atoms with E-state index in [2.05, 4.69) is 0 Å². The quantitative estimate of drug-likeness (QED) is 0.731. The fraction of sp³-hybridized carbons (Fsp3) is 0.818. The predicted molar refractivity (Wildman–Crippen MR) is 57.8 cm³/mol. The molecule has 0 aromatic heterocycles. The molecule has 0 saturated carbocycles. The number of hydrogen-bond acceptors (Lipinski definition) is 3. The molecule has 0 radical (unpaired) electrons. The van der Waals surface area contributed by atoms with Gasteiger partial charge in [-0.15, -0.1) is 0 Å². The van der Waals surface area contributed by atoms with Crippen LogP contribution < -0.4 is 0 Å². The van der Waals surface area contributed by atoms with Crippen molar-refractivity contribution in [3.63, 3.8) is 0 Å². The molecule has 1 aliphatic heterocycles. The zero-order chi connectivity index (χ0) is 12.3. The maximum absolute atomic E-state index is 11.9. The number of carbonyl (C=O) groups is 2. The fourth-order valence-corrected chi connectivity index (χ4v) is 1.80. The van der Waals surface area contributed by atoms with Crippen molar-refractivity contribution in [2.24, 2.45) is 11.8 Å². The first-order valence-electron chi connectivity index (χ1n) is 5.63. The molecule has 0 aromatic rings. The van der Waals surface area contributed by atoms with Gasteiger partial charge < -0.3 is 15.1 Å².